The van der Waals surface area contributed by atoms with Gasteiger partial charge >= 0.3 is 8.69 Å². The molecule has 0 aliphatic carbocycles. The maximum absolute atomic E-state index is 10.00. The SMILES string of the molecule is CC(C)C(C)(C)OP=O.[Ti]. The molecule has 0 aliphatic heterocycles. The summed E-state index contributed by atoms with van der Waals surface area (Å²) in [5, 5.41) is 0. The Bertz CT molecular complexity index is 104. The molecule has 0 amide bonds. The van der Waals surface area contributed by atoms with Crippen molar-refractivity contribution in [2.24, 2.45) is 5.92 Å². The van der Waals surface area contributed by atoms with E-state index in [1.165, 1.54) is 0 Å². The first-order valence-electron chi connectivity index (χ1n) is 3.01. The Morgan fingerprint density at radius 1 is 1.40 bits per heavy atom. The van der Waals surface area contributed by atoms with Gasteiger partial charge in [-0.1, -0.05) is 13.8 Å². The van der Waals surface area contributed by atoms with Crippen LogP contribution >= 0.6 is 8.69 Å². The maximum Gasteiger partial charge on any atom is 0.327 e. The van der Waals surface area contributed by atoms with Gasteiger partial charge in [-0.2, -0.15) is 0 Å². The monoisotopic (exact) mass is 196 g/mol. The van der Waals surface area contributed by atoms with E-state index in [0.717, 1.165) is 0 Å². The minimum absolute atomic E-state index is 0. The van der Waals surface area contributed by atoms with E-state index in [4.69, 9.17) is 4.52 Å². The van der Waals surface area contributed by atoms with Crippen molar-refractivity contribution < 1.29 is 30.8 Å². The first-order chi connectivity index (χ1) is 4.00. The van der Waals surface area contributed by atoms with Gasteiger partial charge in [0.05, 0.1) is 5.60 Å². The fourth-order valence-corrected chi connectivity index (χ4v) is 0.604. The van der Waals surface area contributed by atoms with E-state index >= 15 is 0 Å². The van der Waals surface area contributed by atoms with Crippen molar-refractivity contribution in [1.82, 2.24) is 0 Å². The molecule has 0 N–H and O–H groups in total. The molecule has 0 aliphatic rings. The van der Waals surface area contributed by atoms with Crippen LogP contribution < -0.4 is 0 Å². The Morgan fingerprint density at radius 3 is 1.90 bits per heavy atom. The third-order valence-electron chi connectivity index (χ3n) is 1.66. The third kappa shape index (κ3) is 4.57. The molecule has 0 saturated heterocycles. The second kappa shape index (κ2) is 5.43. The first-order valence-corrected chi connectivity index (χ1v) is 3.74. The van der Waals surface area contributed by atoms with E-state index in [9.17, 15) is 4.57 Å². The molecule has 0 rings (SSSR count). The van der Waals surface area contributed by atoms with Crippen LogP contribution in [-0.4, -0.2) is 5.60 Å². The summed E-state index contributed by atoms with van der Waals surface area (Å²) < 4.78 is 14.9. The van der Waals surface area contributed by atoms with Gasteiger partial charge in [-0.25, -0.2) is 4.57 Å². The summed E-state index contributed by atoms with van der Waals surface area (Å²) in [6.07, 6.45) is 0. The van der Waals surface area contributed by atoms with E-state index in [1.54, 1.807) is 0 Å². The van der Waals surface area contributed by atoms with Crippen LogP contribution in [0, 0.1) is 5.92 Å². The molecule has 0 heterocycles. The summed E-state index contributed by atoms with van der Waals surface area (Å²) in [5.41, 5.74) is -0.274. The summed E-state index contributed by atoms with van der Waals surface area (Å²) in [6, 6.07) is 0. The second-order valence-corrected chi connectivity index (χ2v) is 3.26. The number of hydrogen-bond donors (Lipinski definition) is 0. The van der Waals surface area contributed by atoms with Crippen LogP contribution in [0.4, 0.5) is 0 Å². The molecule has 0 unspecified atom stereocenters. The summed E-state index contributed by atoms with van der Waals surface area (Å²) in [6.45, 7) is 7.90. The topological polar surface area (TPSA) is 26.3 Å². The summed E-state index contributed by atoms with van der Waals surface area (Å²) >= 11 is 0. The largest absolute Gasteiger partial charge is 0.327 e. The van der Waals surface area contributed by atoms with Crippen molar-refractivity contribution in [2.75, 3.05) is 0 Å². The normalized spacial score (nSPS) is 11.7. The maximum atomic E-state index is 10.00. The molecule has 58 valence electrons. The Kier molecular flexibility index (Phi) is 7.26. The quantitative estimate of drug-likeness (QED) is 0.512. The van der Waals surface area contributed by atoms with Crippen LogP contribution in [0.15, 0.2) is 0 Å². The van der Waals surface area contributed by atoms with Crippen molar-refractivity contribution in [3.8, 4) is 0 Å². The van der Waals surface area contributed by atoms with Gasteiger partial charge in [-0.15, -0.1) is 0 Å². The fourth-order valence-electron chi connectivity index (χ4n) is 0.201. The smallest absolute Gasteiger partial charge is 0.288 e. The van der Waals surface area contributed by atoms with E-state index in [0.29, 0.717) is 5.92 Å². The molecule has 0 fully saturated rings. The zero-order valence-corrected chi connectivity index (χ0v) is 9.30. The van der Waals surface area contributed by atoms with Crippen molar-refractivity contribution in [3.63, 3.8) is 0 Å². The Hall–Kier alpha value is 0.774. The zero-order chi connectivity index (χ0) is 7.49. The summed E-state index contributed by atoms with van der Waals surface area (Å²) in [7, 11) is -0.231. The van der Waals surface area contributed by atoms with E-state index < -0.39 is 0 Å². The van der Waals surface area contributed by atoms with Crippen LogP contribution in [0.5, 0.6) is 0 Å². The molecule has 10 heavy (non-hydrogen) atoms. The van der Waals surface area contributed by atoms with Crippen LogP contribution in [-0.2, 0) is 30.8 Å². The molecule has 0 aromatic carbocycles. The predicted octanol–water partition coefficient (Wildman–Crippen LogP) is 2.64. The van der Waals surface area contributed by atoms with Crippen molar-refractivity contribution in [3.05, 3.63) is 0 Å². The minimum Gasteiger partial charge on any atom is -0.288 e. The third-order valence-corrected chi connectivity index (χ3v) is 2.21. The molecular weight excluding hydrogens is 183 g/mol. The first kappa shape index (κ1) is 13.4. The summed E-state index contributed by atoms with van der Waals surface area (Å²) in [4.78, 5) is 0. The zero-order valence-electron chi connectivity index (χ0n) is 6.84. The molecular formula is C6H13O2PTi. The molecule has 0 atom stereocenters. The van der Waals surface area contributed by atoms with Gasteiger partial charge in [0.2, 0.25) is 0 Å². The molecule has 0 radical (unpaired) electrons. The van der Waals surface area contributed by atoms with Gasteiger partial charge in [0, 0.05) is 21.7 Å². The van der Waals surface area contributed by atoms with Crippen LogP contribution in [0.25, 0.3) is 0 Å². The molecule has 0 aromatic rings. The van der Waals surface area contributed by atoms with E-state index in [1.807, 2.05) is 27.7 Å². The van der Waals surface area contributed by atoms with Crippen molar-refractivity contribution in [2.45, 2.75) is 33.3 Å². The molecule has 2 nitrogen and oxygen atoms in total. The van der Waals surface area contributed by atoms with Gasteiger partial charge in [0.1, 0.15) is 0 Å². The van der Waals surface area contributed by atoms with E-state index in [2.05, 4.69) is 0 Å². The number of hydrogen-bond acceptors (Lipinski definition) is 2. The van der Waals surface area contributed by atoms with E-state index in [-0.39, 0.29) is 36.0 Å². The van der Waals surface area contributed by atoms with Gasteiger partial charge in [0.25, 0.3) is 0 Å². The Morgan fingerprint density at radius 2 is 1.80 bits per heavy atom. The van der Waals surface area contributed by atoms with Crippen LogP contribution in [0.1, 0.15) is 27.7 Å². The van der Waals surface area contributed by atoms with Gasteiger partial charge < -0.3 is 0 Å². The van der Waals surface area contributed by atoms with Crippen molar-refractivity contribution in [1.29, 1.82) is 0 Å². The van der Waals surface area contributed by atoms with Gasteiger partial charge in [-0.05, 0) is 19.8 Å². The van der Waals surface area contributed by atoms with Gasteiger partial charge in [-0.3, -0.25) is 4.52 Å². The molecule has 0 spiro atoms. The number of rotatable bonds is 3. The average molecular weight is 196 g/mol. The van der Waals surface area contributed by atoms with Crippen LogP contribution in [0.2, 0.25) is 0 Å². The molecule has 0 aromatic heterocycles. The minimum atomic E-state index is -0.274. The molecule has 0 bridgehead atoms. The second-order valence-electron chi connectivity index (χ2n) is 2.92. The fraction of sp³-hybridized carbons (Fsp3) is 1.00. The van der Waals surface area contributed by atoms with Crippen LogP contribution in [0.3, 0.4) is 0 Å². The Labute approximate surface area is 78.9 Å². The Balaban J connectivity index is 0. The predicted molar refractivity (Wildman–Crippen MR) is 37.6 cm³/mol. The summed E-state index contributed by atoms with van der Waals surface area (Å²) in [5.74, 6) is 0.388. The van der Waals surface area contributed by atoms with Crippen molar-refractivity contribution >= 4 is 8.69 Å². The molecule has 0 saturated carbocycles. The molecule has 4 heteroatoms. The van der Waals surface area contributed by atoms with Gasteiger partial charge in [0.15, 0.2) is 0 Å². The average Bonchev–Trinajstić information content (AvgIpc) is 1.65. The standard InChI is InChI=1S/C6H13O2P.Ti/c1-5(2)6(3,4)8-9-7;/h5H,1-4H3;.